The zero-order chi connectivity index (χ0) is 23.3. The van der Waals surface area contributed by atoms with Gasteiger partial charge in [-0.25, -0.2) is 13.4 Å². The Kier molecular flexibility index (Phi) is 7.26. The molecule has 0 unspecified atom stereocenters. The number of ether oxygens (including phenoxy) is 2. The first-order valence-electron chi connectivity index (χ1n) is 10.6. The molecule has 174 valence electrons. The number of anilines is 1. The molecule has 2 aromatic carbocycles. The van der Waals surface area contributed by atoms with Crippen LogP contribution in [0, 0.1) is 0 Å². The fourth-order valence-corrected chi connectivity index (χ4v) is 5.93. The first kappa shape index (κ1) is 23.2. The van der Waals surface area contributed by atoms with Crippen LogP contribution < -0.4 is 14.9 Å². The summed E-state index contributed by atoms with van der Waals surface area (Å²) in [4.78, 5) is 4.85. The Balaban J connectivity index is 1.49. The summed E-state index contributed by atoms with van der Waals surface area (Å²) in [5.41, 5.74) is 5.12. The predicted molar refractivity (Wildman–Crippen MR) is 131 cm³/mol. The second kappa shape index (κ2) is 10.3. The van der Waals surface area contributed by atoms with E-state index in [4.69, 9.17) is 9.47 Å². The predicted octanol–water partition coefficient (Wildman–Crippen LogP) is 4.45. The first-order valence-corrected chi connectivity index (χ1v) is 12.9. The van der Waals surface area contributed by atoms with Crippen molar-refractivity contribution in [2.24, 2.45) is 5.10 Å². The van der Waals surface area contributed by atoms with Crippen molar-refractivity contribution in [3.05, 3.63) is 53.4 Å². The SMILES string of the molecule is COc1cccc(/C=N/Nc2nc(-c3cccc(S(=O)(=O)N4CCCCC4)c3)cs2)c1OC. The van der Waals surface area contributed by atoms with Crippen LogP contribution in [-0.4, -0.2) is 51.2 Å². The highest BCUT2D eigenvalue weighted by Gasteiger charge is 2.26. The van der Waals surface area contributed by atoms with E-state index in [1.165, 1.54) is 11.3 Å². The highest BCUT2D eigenvalue weighted by atomic mass is 32.2. The number of nitrogens with zero attached hydrogens (tertiary/aromatic N) is 3. The second-order valence-corrected chi connectivity index (χ2v) is 10.3. The summed E-state index contributed by atoms with van der Waals surface area (Å²) >= 11 is 1.39. The number of rotatable bonds is 8. The van der Waals surface area contributed by atoms with Gasteiger partial charge >= 0.3 is 0 Å². The van der Waals surface area contributed by atoms with Crippen molar-refractivity contribution in [2.45, 2.75) is 24.2 Å². The fraction of sp³-hybridized carbons (Fsp3) is 0.304. The van der Waals surface area contributed by atoms with Crippen molar-refractivity contribution in [3.8, 4) is 22.8 Å². The number of benzene rings is 2. The van der Waals surface area contributed by atoms with E-state index in [0.29, 0.717) is 40.3 Å². The van der Waals surface area contributed by atoms with E-state index in [9.17, 15) is 8.42 Å². The number of hydrogen-bond donors (Lipinski definition) is 1. The average molecular weight is 487 g/mol. The smallest absolute Gasteiger partial charge is 0.243 e. The molecule has 1 aromatic heterocycles. The van der Waals surface area contributed by atoms with Gasteiger partial charge in [0.2, 0.25) is 15.2 Å². The molecule has 1 saturated heterocycles. The van der Waals surface area contributed by atoms with Crippen molar-refractivity contribution in [2.75, 3.05) is 32.7 Å². The maximum atomic E-state index is 13.0. The van der Waals surface area contributed by atoms with Gasteiger partial charge in [0, 0.05) is 29.6 Å². The van der Waals surface area contributed by atoms with Crippen molar-refractivity contribution in [1.29, 1.82) is 0 Å². The quantitative estimate of drug-likeness (QED) is 0.374. The number of sulfonamides is 1. The zero-order valence-corrected chi connectivity index (χ0v) is 20.2. The van der Waals surface area contributed by atoms with Gasteiger partial charge in [0.1, 0.15) is 0 Å². The van der Waals surface area contributed by atoms with E-state index >= 15 is 0 Å². The molecule has 0 amide bonds. The first-order chi connectivity index (χ1) is 16.0. The van der Waals surface area contributed by atoms with E-state index in [2.05, 4.69) is 15.5 Å². The van der Waals surface area contributed by atoms with E-state index in [0.717, 1.165) is 30.4 Å². The van der Waals surface area contributed by atoms with E-state index in [1.54, 1.807) is 42.9 Å². The van der Waals surface area contributed by atoms with Crippen LogP contribution in [0.3, 0.4) is 0 Å². The Hall–Kier alpha value is -2.95. The molecule has 4 rings (SSSR count). The molecule has 0 aliphatic carbocycles. The molecule has 0 bridgehead atoms. The molecule has 0 radical (unpaired) electrons. The van der Waals surface area contributed by atoms with Gasteiger partial charge in [-0.2, -0.15) is 9.41 Å². The zero-order valence-electron chi connectivity index (χ0n) is 18.5. The van der Waals surface area contributed by atoms with Crippen LogP contribution in [0.1, 0.15) is 24.8 Å². The summed E-state index contributed by atoms with van der Waals surface area (Å²) in [6.45, 7) is 1.15. The van der Waals surface area contributed by atoms with Gasteiger partial charge in [0.15, 0.2) is 11.5 Å². The van der Waals surface area contributed by atoms with Crippen LogP contribution >= 0.6 is 11.3 Å². The number of para-hydroxylation sites is 1. The number of aromatic nitrogens is 1. The third-order valence-electron chi connectivity index (χ3n) is 5.38. The molecule has 1 fully saturated rings. The minimum absolute atomic E-state index is 0.299. The van der Waals surface area contributed by atoms with Gasteiger partial charge in [0.25, 0.3) is 0 Å². The lowest BCUT2D eigenvalue weighted by molar-refractivity contribution is 0.346. The summed E-state index contributed by atoms with van der Waals surface area (Å²) in [6, 6.07) is 12.5. The Labute approximate surface area is 197 Å². The minimum Gasteiger partial charge on any atom is -0.493 e. The number of piperidine rings is 1. The van der Waals surface area contributed by atoms with E-state index in [-0.39, 0.29) is 0 Å². The normalized spacial score (nSPS) is 15.0. The van der Waals surface area contributed by atoms with Crippen LogP contribution in [0.25, 0.3) is 11.3 Å². The van der Waals surface area contributed by atoms with Gasteiger partial charge in [-0.05, 0) is 37.1 Å². The summed E-state index contributed by atoms with van der Waals surface area (Å²) in [7, 11) is -0.332. The lowest BCUT2D eigenvalue weighted by Gasteiger charge is -2.26. The van der Waals surface area contributed by atoms with Gasteiger partial charge in [-0.3, -0.25) is 5.43 Å². The molecule has 0 saturated carbocycles. The van der Waals surface area contributed by atoms with E-state index in [1.807, 2.05) is 29.6 Å². The number of methoxy groups -OCH3 is 2. The number of nitrogens with one attached hydrogen (secondary N) is 1. The van der Waals surface area contributed by atoms with Crippen molar-refractivity contribution >= 4 is 32.7 Å². The Bertz CT molecular complexity index is 1230. The number of hydrazone groups is 1. The van der Waals surface area contributed by atoms with E-state index < -0.39 is 10.0 Å². The highest BCUT2D eigenvalue weighted by molar-refractivity contribution is 7.89. The number of thiazole rings is 1. The molecular formula is C23H26N4O4S2. The Morgan fingerprint density at radius 2 is 1.88 bits per heavy atom. The lowest BCUT2D eigenvalue weighted by atomic mass is 10.2. The van der Waals surface area contributed by atoms with Gasteiger partial charge in [0.05, 0.1) is 31.0 Å². The van der Waals surface area contributed by atoms with Crippen LogP contribution in [0.15, 0.2) is 57.8 Å². The largest absolute Gasteiger partial charge is 0.493 e. The summed E-state index contributed by atoms with van der Waals surface area (Å²) in [5, 5.41) is 6.72. The maximum absolute atomic E-state index is 13.0. The highest BCUT2D eigenvalue weighted by Crippen LogP contribution is 2.30. The number of hydrogen-bond acceptors (Lipinski definition) is 8. The average Bonchev–Trinajstić information content (AvgIpc) is 3.33. The molecule has 1 aliphatic rings. The fourth-order valence-electron chi connectivity index (χ4n) is 3.70. The lowest BCUT2D eigenvalue weighted by Crippen LogP contribution is -2.35. The van der Waals surface area contributed by atoms with Crippen LogP contribution in [0.5, 0.6) is 11.5 Å². The summed E-state index contributed by atoms with van der Waals surface area (Å²) in [6.07, 6.45) is 4.52. The third-order valence-corrected chi connectivity index (χ3v) is 8.03. The molecule has 1 N–H and O–H groups in total. The van der Waals surface area contributed by atoms with Crippen LogP contribution in [-0.2, 0) is 10.0 Å². The molecule has 0 atom stereocenters. The molecular weight excluding hydrogens is 460 g/mol. The van der Waals surface area contributed by atoms with Gasteiger partial charge < -0.3 is 9.47 Å². The summed E-state index contributed by atoms with van der Waals surface area (Å²) in [5.74, 6) is 1.22. The third kappa shape index (κ3) is 5.18. The molecule has 0 spiro atoms. The van der Waals surface area contributed by atoms with Crippen molar-refractivity contribution < 1.29 is 17.9 Å². The van der Waals surface area contributed by atoms with Crippen molar-refractivity contribution in [1.82, 2.24) is 9.29 Å². The monoisotopic (exact) mass is 486 g/mol. The van der Waals surface area contributed by atoms with Gasteiger partial charge in [-0.1, -0.05) is 24.6 Å². The maximum Gasteiger partial charge on any atom is 0.243 e. The van der Waals surface area contributed by atoms with Crippen LogP contribution in [0.2, 0.25) is 0 Å². The van der Waals surface area contributed by atoms with Gasteiger partial charge in [-0.15, -0.1) is 11.3 Å². The van der Waals surface area contributed by atoms with Crippen LogP contribution in [0.4, 0.5) is 5.13 Å². The molecule has 2 heterocycles. The molecule has 3 aromatic rings. The second-order valence-electron chi connectivity index (χ2n) is 7.48. The molecule has 10 heteroatoms. The summed E-state index contributed by atoms with van der Waals surface area (Å²) < 4.78 is 38.3. The Morgan fingerprint density at radius 3 is 2.64 bits per heavy atom. The molecule has 33 heavy (non-hydrogen) atoms. The van der Waals surface area contributed by atoms with Crippen molar-refractivity contribution in [3.63, 3.8) is 0 Å². The molecule has 8 nitrogen and oxygen atoms in total. The minimum atomic E-state index is -3.50. The standard InChI is InChI=1S/C23H26N4O4S2/c1-30-21-11-7-9-18(22(21)31-2)15-24-26-23-25-20(16-32-23)17-8-6-10-19(14-17)33(28,29)27-12-4-3-5-13-27/h6-11,14-16H,3-5,12-13H2,1-2H3,(H,25,26)/b24-15+. The molecule has 1 aliphatic heterocycles. The Morgan fingerprint density at radius 1 is 1.09 bits per heavy atom. The topological polar surface area (TPSA) is 93.1 Å².